The second kappa shape index (κ2) is 6.01. The molecule has 0 unspecified atom stereocenters. The highest BCUT2D eigenvalue weighted by Gasteiger charge is 2.11. The lowest BCUT2D eigenvalue weighted by atomic mass is 10.0. The van der Waals surface area contributed by atoms with E-state index in [1.807, 2.05) is 0 Å². The third-order valence-electron chi connectivity index (χ3n) is 2.76. The Bertz CT molecular complexity index is 636. The SMILES string of the molecule is COc1cc(C(=O)Cc2cc(F)cc(F)c2)ccc1Cl. The van der Waals surface area contributed by atoms with Gasteiger partial charge in [-0.15, -0.1) is 0 Å². The van der Waals surface area contributed by atoms with Crippen LogP contribution in [0.3, 0.4) is 0 Å². The number of hydrogen-bond acceptors (Lipinski definition) is 2. The van der Waals surface area contributed by atoms with Crippen molar-refractivity contribution in [2.75, 3.05) is 7.11 Å². The molecule has 20 heavy (non-hydrogen) atoms. The fraction of sp³-hybridized carbons (Fsp3) is 0.133. The molecule has 0 aliphatic heterocycles. The molecule has 104 valence electrons. The molecule has 2 aromatic carbocycles. The van der Waals surface area contributed by atoms with Gasteiger partial charge >= 0.3 is 0 Å². The van der Waals surface area contributed by atoms with E-state index in [2.05, 4.69) is 0 Å². The van der Waals surface area contributed by atoms with E-state index in [1.54, 1.807) is 12.1 Å². The molecule has 5 heteroatoms. The van der Waals surface area contributed by atoms with Crippen LogP contribution in [-0.4, -0.2) is 12.9 Å². The minimum Gasteiger partial charge on any atom is -0.495 e. The molecule has 0 radical (unpaired) electrons. The minimum atomic E-state index is -0.707. The summed E-state index contributed by atoms with van der Waals surface area (Å²) in [5, 5.41) is 0.390. The van der Waals surface area contributed by atoms with Crippen LogP contribution in [0.4, 0.5) is 8.78 Å². The van der Waals surface area contributed by atoms with Crippen molar-refractivity contribution >= 4 is 17.4 Å². The number of carbonyl (C=O) groups is 1. The summed E-state index contributed by atoms with van der Waals surface area (Å²) in [5.41, 5.74) is 0.650. The molecule has 2 nitrogen and oxygen atoms in total. The molecule has 0 aromatic heterocycles. The Hall–Kier alpha value is -1.94. The van der Waals surface area contributed by atoms with Crippen LogP contribution in [-0.2, 0) is 6.42 Å². The van der Waals surface area contributed by atoms with Gasteiger partial charge in [0.2, 0.25) is 0 Å². The summed E-state index contributed by atoms with van der Waals surface area (Å²) in [6, 6.07) is 7.62. The van der Waals surface area contributed by atoms with E-state index >= 15 is 0 Å². The van der Waals surface area contributed by atoms with Gasteiger partial charge in [0.25, 0.3) is 0 Å². The van der Waals surface area contributed by atoms with Gasteiger partial charge in [-0.05, 0) is 35.9 Å². The van der Waals surface area contributed by atoms with E-state index in [9.17, 15) is 13.6 Å². The monoisotopic (exact) mass is 296 g/mol. The maximum atomic E-state index is 13.1. The first-order valence-corrected chi connectivity index (χ1v) is 6.19. The number of Topliss-reactive ketones (excluding diaryl/α,β-unsaturated/α-hetero) is 1. The van der Waals surface area contributed by atoms with Crippen molar-refractivity contribution in [2.24, 2.45) is 0 Å². The van der Waals surface area contributed by atoms with Crippen molar-refractivity contribution in [1.82, 2.24) is 0 Å². The van der Waals surface area contributed by atoms with E-state index < -0.39 is 11.6 Å². The maximum Gasteiger partial charge on any atom is 0.167 e. The fourth-order valence-corrected chi connectivity index (χ4v) is 2.03. The van der Waals surface area contributed by atoms with E-state index in [-0.39, 0.29) is 17.8 Å². The third-order valence-corrected chi connectivity index (χ3v) is 3.07. The van der Waals surface area contributed by atoms with Gasteiger partial charge in [0.15, 0.2) is 5.78 Å². The Balaban J connectivity index is 2.23. The van der Waals surface area contributed by atoms with Crippen LogP contribution in [0.25, 0.3) is 0 Å². The van der Waals surface area contributed by atoms with Crippen LogP contribution in [0.15, 0.2) is 36.4 Å². The highest BCUT2D eigenvalue weighted by Crippen LogP contribution is 2.25. The standard InChI is InChI=1S/C15H11ClF2O2/c1-20-15-7-10(2-3-13(15)16)14(19)6-9-4-11(17)8-12(18)5-9/h2-5,7-8H,6H2,1H3. The second-order valence-electron chi connectivity index (χ2n) is 4.23. The lowest BCUT2D eigenvalue weighted by molar-refractivity contribution is 0.0992. The number of rotatable bonds is 4. The Kier molecular flexibility index (Phi) is 4.35. The number of hydrogen-bond donors (Lipinski definition) is 0. The van der Waals surface area contributed by atoms with E-state index in [1.165, 1.54) is 13.2 Å². The Morgan fingerprint density at radius 1 is 1.15 bits per heavy atom. The van der Waals surface area contributed by atoms with E-state index in [4.69, 9.17) is 16.3 Å². The molecule has 0 fully saturated rings. The summed E-state index contributed by atoms with van der Waals surface area (Å²) < 4.78 is 31.1. The number of ether oxygens (including phenoxy) is 1. The molecule has 0 saturated carbocycles. The molecular formula is C15H11ClF2O2. The zero-order chi connectivity index (χ0) is 14.7. The van der Waals surface area contributed by atoms with E-state index in [0.29, 0.717) is 16.3 Å². The molecular weight excluding hydrogens is 286 g/mol. The Morgan fingerprint density at radius 3 is 2.40 bits per heavy atom. The maximum absolute atomic E-state index is 13.1. The lowest BCUT2D eigenvalue weighted by Gasteiger charge is -2.06. The average molecular weight is 297 g/mol. The molecule has 0 bridgehead atoms. The zero-order valence-corrected chi connectivity index (χ0v) is 11.4. The summed E-state index contributed by atoms with van der Waals surface area (Å²) in [4.78, 5) is 12.1. The zero-order valence-electron chi connectivity index (χ0n) is 10.6. The molecule has 0 saturated heterocycles. The summed E-state index contributed by atoms with van der Waals surface area (Å²) in [7, 11) is 1.44. The van der Waals surface area contributed by atoms with Crippen LogP contribution in [0.2, 0.25) is 5.02 Å². The molecule has 0 N–H and O–H groups in total. The number of halogens is 3. The van der Waals surface area contributed by atoms with Crippen LogP contribution in [0, 0.1) is 11.6 Å². The fourth-order valence-electron chi connectivity index (χ4n) is 1.83. The van der Waals surface area contributed by atoms with Crippen molar-refractivity contribution in [2.45, 2.75) is 6.42 Å². The van der Waals surface area contributed by atoms with Crippen molar-refractivity contribution in [3.63, 3.8) is 0 Å². The quantitative estimate of drug-likeness (QED) is 0.796. The molecule has 0 aliphatic rings. The first kappa shape index (κ1) is 14.5. The Labute approximate surface area is 119 Å². The van der Waals surface area contributed by atoms with E-state index in [0.717, 1.165) is 18.2 Å². The van der Waals surface area contributed by atoms with Gasteiger partial charge in [0, 0.05) is 18.1 Å². The summed E-state index contributed by atoms with van der Waals surface area (Å²) in [5.74, 6) is -1.31. The molecule has 0 heterocycles. The largest absolute Gasteiger partial charge is 0.495 e. The predicted molar refractivity (Wildman–Crippen MR) is 72.4 cm³/mol. The van der Waals surface area contributed by atoms with Crippen LogP contribution < -0.4 is 4.74 Å². The van der Waals surface area contributed by atoms with Crippen molar-refractivity contribution in [1.29, 1.82) is 0 Å². The van der Waals surface area contributed by atoms with Crippen LogP contribution in [0.5, 0.6) is 5.75 Å². The second-order valence-corrected chi connectivity index (χ2v) is 4.63. The van der Waals surface area contributed by atoms with Crippen molar-refractivity contribution in [3.05, 3.63) is 64.2 Å². The van der Waals surface area contributed by atoms with Gasteiger partial charge in [-0.1, -0.05) is 11.6 Å². The number of methoxy groups -OCH3 is 1. The minimum absolute atomic E-state index is 0.0978. The molecule has 0 amide bonds. The number of ketones is 1. The van der Waals surface area contributed by atoms with Crippen molar-refractivity contribution in [3.8, 4) is 5.75 Å². The predicted octanol–water partition coefficient (Wildman–Crippen LogP) is 4.05. The molecule has 0 aliphatic carbocycles. The highest BCUT2D eigenvalue weighted by atomic mass is 35.5. The number of benzene rings is 2. The van der Waals surface area contributed by atoms with Gasteiger partial charge in [0.05, 0.1) is 12.1 Å². The first-order valence-electron chi connectivity index (χ1n) is 5.81. The smallest absolute Gasteiger partial charge is 0.167 e. The normalized spacial score (nSPS) is 10.4. The summed E-state index contributed by atoms with van der Waals surface area (Å²) >= 11 is 5.87. The van der Waals surface area contributed by atoms with Crippen molar-refractivity contribution < 1.29 is 18.3 Å². The first-order chi connectivity index (χ1) is 9.49. The van der Waals surface area contributed by atoms with Gasteiger partial charge in [-0.2, -0.15) is 0 Å². The molecule has 0 atom stereocenters. The molecule has 0 spiro atoms. The van der Waals surface area contributed by atoms with Gasteiger partial charge in [-0.3, -0.25) is 4.79 Å². The summed E-state index contributed by atoms with van der Waals surface area (Å²) in [6.07, 6.45) is -0.0978. The highest BCUT2D eigenvalue weighted by molar-refractivity contribution is 6.32. The topological polar surface area (TPSA) is 26.3 Å². The van der Waals surface area contributed by atoms with Crippen LogP contribution in [0.1, 0.15) is 15.9 Å². The van der Waals surface area contributed by atoms with Gasteiger partial charge in [-0.25, -0.2) is 8.78 Å². The Morgan fingerprint density at radius 2 is 1.80 bits per heavy atom. The van der Waals surface area contributed by atoms with Gasteiger partial charge < -0.3 is 4.74 Å². The average Bonchev–Trinajstić information content (AvgIpc) is 2.37. The number of carbonyl (C=O) groups excluding carboxylic acids is 1. The summed E-state index contributed by atoms with van der Waals surface area (Å²) in [6.45, 7) is 0. The van der Waals surface area contributed by atoms with Gasteiger partial charge in [0.1, 0.15) is 17.4 Å². The molecule has 2 rings (SSSR count). The third kappa shape index (κ3) is 3.33. The lowest BCUT2D eigenvalue weighted by Crippen LogP contribution is -2.04. The molecule has 2 aromatic rings. The van der Waals surface area contributed by atoms with Crippen LogP contribution >= 0.6 is 11.6 Å².